The molecule has 63 heavy (non-hydrogen) atoms. The molecule has 8 aromatic carbocycles. The number of aromatic nitrogens is 5. The van der Waals surface area contributed by atoms with E-state index in [4.69, 9.17) is 33.8 Å². The van der Waals surface area contributed by atoms with Crippen LogP contribution in [0, 0.1) is 0 Å². The van der Waals surface area contributed by atoms with Gasteiger partial charge < -0.3 is 8.83 Å². The van der Waals surface area contributed by atoms with Crippen molar-refractivity contribution in [3.8, 4) is 67.9 Å². The molecule has 7 nitrogen and oxygen atoms in total. The minimum Gasteiger partial charge on any atom is -0.455 e. The number of benzene rings is 8. The molecule has 294 valence electrons. The lowest BCUT2D eigenvalue weighted by atomic mass is 10.0. The normalized spacial score (nSPS) is 11.8. The van der Waals surface area contributed by atoms with Gasteiger partial charge >= 0.3 is 0 Å². The smallest absolute Gasteiger partial charge is 0.180 e. The second kappa shape index (κ2) is 14.1. The van der Waals surface area contributed by atoms with Crippen molar-refractivity contribution in [1.82, 2.24) is 24.9 Å². The second-order valence-electron chi connectivity index (χ2n) is 15.5. The third-order valence-corrected chi connectivity index (χ3v) is 13.0. The summed E-state index contributed by atoms with van der Waals surface area (Å²) in [6.07, 6.45) is 0. The minimum absolute atomic E-state index is 0.541. The number of hydrogen-bond donors (Lipinski definition) is 0. The molecule has 0 radical (unpaired) electrons. The number of para-hydroxylation sites is 2. The summed E-state index contributed by atoms with van der Waals surface area (Å²) in [7, 11) is 0. The number of fused-ring (bicyclic) bond motifs is 9. The Morgan fingerprint density at radius 2 is 0.921 bits per heavy atom. The van der Waals surface area contributed by atoms with E-state index in [0.29, 0.717) is 40.0 Å². The maximum Gasteiger partial charge on any atom is 0.180 e. The fraction of sp³-hybridized carbons (Fsp3) is 0. The van der Waals surface area contributed by atoms with E-state index in [1.807, 2.05) is 121 Å². The Kier molecular flexibility index (Phi) is 7.94. The van der Waals surface area contributed by atoms with Gasteiger partial charge in [0.1, 0.15) is 28.0 Å². The highest BCUT2D eigenvalue weighted by Crippen LogP contribution is 2.43. The number of nitrogens with zero attached hydrogens (tertiary/aromatic N) is 5. The zero-order valence-corrected chi connectivity index (χ0v) is 34.2. The largest absolute Gasteiger partial charge is 0.455 e. The van der Waals surface area contributed by atoms with Crippen molar-refractivity contribution in [2.24, 2.45) is 0 Å². The average molecular weight is 826 g/mol. The minimum atomic E-state index is 0.541. The Hall–Kier alpha value is -8.33. The zero-order chi connectivity index (χ0) is 41.4. The number of thiophene rings is 1. The summed E-state index contributed by atoms with van der Waals surface area (Å²) in [5, 5.41) is 5.26. The monoisotopic (exact) mass is 825 g/mol. The third-order valence-electron chi connectivity index (χ3n) is 11.8. The lowest BCUT2D eigenvalue weighted by Gasteiger charge is -2.11. The van der Waals surface area contributed by atoms with Gasteiger partial charge in [-0.05, 0) is 47.5 Å². The molecule has 0 aliphatic carbocycles. The Bertz CT molecular complexity index is 3930. The fourth-order valence-electron chi connectivity index (χ4n) is 8.86. The molecule has 0 fully saturated rings. The van der Waals surface area contributed by atoms with E-state index in [1.54, 1.807) is 0 Å². The van der Waals surface area contributed by atoms with Crippen LogP contribution in [0.3, 0.4) is 0 Å². The summed E-state index contributed by atoms with van der Waals surface area (Å²) in [5.41, 5.74) is 10.9. The van der Waals surface area contributed by atoms with Gasteiger partial charge in [0.05, 0.1) is 5.56 Å². The van der Waals surface area contributed by atoms with Crippen LogP contribution in [0.5, 0.6) is 0 Å². The summed E-state index contributed by atoms with van der Waals surface area (Å²) < 4.78 is 15.7. The molecule has 5 heterocycles. The molecule has 0 aliphatic heterocycles. The maximum absolute atomic E-state index is 6.80. The van der Waals surface area contributed by atoms with Crippen molar-refractivity contribution in [3.05, 3.63) is 188 Å². The van der Waals surface area contributed by atoms with Gasteiger partial charge in [0.15, 0.2) is 28.9 Å². The van der Waals surface area contributed by atoms with Crippen LogP contribution in [0.15, 0.2) is 197 Å². The zero-order valence-electron chi connectivity index (χ0n) is 33.4. The van der Waals surface area contributed by atoms with Crippen molar-refractivity contribution < 1.29 is 8.83 Å². The van der Waals surface area contributed by atoms with E-state index in [2.05, 4.69) is 78.9 Å². The van der Waals surface area contributed by atoms with Crippen LogP contribution in [0.1, 0.15) is 0 Å². The van der Waals surface area contributed by atoms with Crippen LogP contribution < -0.4 is 0 Å². The first-order chi connectivity index (χ1) is 31.2. The Morgan fingerprint density at radius 1 is 0.349 bits per heavy atom. The van der Waals surface area contributed by atoms with Gasteiger partial charge in [0, 0.05) is 58.6 Å². The first-order valence-corrected chi connectivity index (χ1v) is 21.6. The summed E-state index contributed by atoms with van der Waals surface area (Å²) in [6, 6.07) is 64.0. The molecule has 0 unspecified atom stereocenters. The van der Waals surface area contributed by atoms with Gasteiger partial charge in [-0.15, -0.1) is 11.3 Å². The van der Waals surface area contributed by atoms with Crippen molar-refractivity contribution in [3.63, 3.8) is 0 Å². The molecule has 13 aromatic rings. The Balaban J connectivity index is 0.995. The SMILES string of the molecule is c1ccc(-c2nc(-c3cccc(-c4cccc5c4sc4ccccc45)c3)nc(-c3cccc4oc5c(-c6nc(-c7ccccc7)c7oc8ccccc8c7n6)cccc5c34)n2)cc1. The standard InChI is InChI=1S/C55H31N5O2S/c1-3-15-32(16-4-1)47-50-48(39-22-7-9-28-43(39)61-50)57-55(56-47)42-27-13-25-40-46-41(26-14-29-44(46)62-49(40)42)54-59-52(33-17-5-2-6-18-33)58-53(60-54)35-20-11-19-34(31-35)36-23-12-24-38-37-21-8-10-30-45(37)63-51(36)38/h1-31H. The summed E-state index contributed by atoms with van der Waals surface area (Å²) in [4.78, 5) is 25.9. The number of furan rings is 2. The van der Waals surface area contributed by atoms with Crippen LogP contribution in [-0.2, 0) is 0 Å². The fourth-order valence-corrected chi connectivity index (χ4v) is 10.1. The van der Waals surface area contributed by atoms with E-state index >= 15 is 0 Å². The van der Waals surface area contributed by atoms with Gasteiger partial charge in [0.25, 0.3) is 0 Å². The van der Waals surface area contributed by atoms with Crippen molar-refractivity contribution in [2.75, 3.05) is 0 Å². The number of hydrogen-bond acceptors (Lipinski definition) is 8. The van der Waals surface area contributed by atoms with Gasteiger partial charge in [-0.25, -0.2) is 24.9 Å². The van der Waals surface area contributed by atoms with Crippen molar-refractivity contribution >= 4 is 75.5 Å². The molecule has 13 rings (SSSR count). The highest BCUT2D eigenvalue weighted by molar-refractivity contribution is 7.26. The van der Waals surface area contributed by atoms with E-state index < -0.39 is 0 Å². The predicted octanol–water partition coefficient (Wildman–Crippen LogP) is 14.8. The molecule has 0 atom stereocenters. The molecule has 0 N–H and O–H groups in total. The molecule has 5 aromatic heterocycles. The van der Waals surface area contributed by atoms with Gasteiger partial charge in [-0.1, -0.05) is 152 Å². The lowest BCUT2D eigenvalue weighted by molar-refractivity contribution is 0.666. The molecule has 0 saturated heterocycles. The van der Waals surface area contributed by atoms with Crippen LogP contribution in [0.4, 0.5) is 0 Å². The van der Waals surface area contributed by atoms with E-state index in [9.17, 15) is 0 Å². The van der Waals surface area contributed by atoms with Crippen LogP contribution in [-0.4, -0.2) is 24.9 Å². The van der Waals surface area contributed by atoms with Crippen LogP contribution >= 0.6 is 11.3 Å². The van der Waals surface area contributed by atoms with E-state index in [1.165, 1.54) is 25.7 Å². The molecule has 0 saturated carbocycles. The molecular weight excluding hydrogens is 795 g/mol. The topological polar surface area (TPSA) is 90.7 Å². The Labute approximate surface area is 363 Å². The molecule has 0 amide bonds. The first-order valence-electron chi connectivity index (χ1n) is 20.7. The molecule has 0 aliphatic rings. The second-order valence-corrected chi connectivity index (χ2v) is 16.6. The van der Waals surface area contributed by atoms with E-state index in [-0.39, 0.29) is 0 Å². The highest BCUT2D eigenvalue weighted by atomic mass is 32.1. The van der Waals surface area contributed by atoms with Gasteiger partial charge in [-0.3, -0.25) is 0 Å². The van der Waals surface area contributed by atoms with Crippen LogP contribution in [0.25, 0.3) is 132 Å². The predicted molar refractivity (Wildman–Crippen MR) is 255 cm³/mol. The maximum atomic E-state index is 6.80. The summed E-state index contributed by atoms with van der Waals surface area (Å²) >= 11 is 1.82. The molecule has 8 heteroatoms. The first kappa shape index (κ1) is 35.4. The van der Waals surface area contributed by atoms with Crippen molar-refractivity contribution in [2.45, 2.75) is 0 Å². The average Bonchev–Trinajstić information content (AvgIpc) is 4.06. The Morgan fingerprint density at radius 3 is 1.78 bits per heavy atom. The van der Waals surface area contributed by atoms with Crippen LogP contribution in [0.2, 0.25) is 0 Å². The van der Waals surface area contributed by atoms with Gasteiger partial charge in [0.2, 0.25) is 0 Å². The lowest BCUT2D eigenvalue weighted by Crippen LogP contribution is -2.00. The quantitative estimate of drug-likeness (QED) is 0.165. The van der Waals surface area contributed by atoms with Crippen molar-refractivity contribution in [1.29, 1.82) is 0 Å². The molecule has 0 spiro atoms. The highest BCUT2D eigenvalue weighted by Gasteiger charge is 2.23. The van der Waals surface area contributed by atoms with Gasteiger partial charge in [-0.2, -0.15) is 0 Å². The number of rotatable bonds is 6. The molecular formula is C55H31N5O2S. The third kappa shape index (κ3) is 5.76. The summed E-state index contributed by atoms with van der Waals surface area (Å²) in [5.74, 6) is 2.25. The van der Waals surface area contributed by atoms with E-state index in [0.717, 1.165) is 66.3 Å². The summed E-state index contributed by atoms with van der Waals surface area (Å²) in [6.45, 7) is 0. The molecule has 0 bridgehead atoms.